The number of aromatic nitrogens is 1. The Hall–Kier alpha value is -1.62. The Bertz CT molecular complexity index is 514. The Kier molecular flexibility index (Phi) is 8.19. The maximum Gasteiger partial charge on any atom is 0.336 e. The van der Waals surface area contributed by atoms with Gasteiger partial charge in [0.2, 0.25) is 0 Å². The van der Waals surface area contributed by atoms with Crippen LogP contribution in [0.5, 0.6) is 5.75 Å². The van der Waals surface area contributed by atoms with Gasteiger partial charge in [-0.15, -0.1) is 0 Å². The van der Waals surface area contributed by atoms with Gasteiger partial charge in [-0.05, 0) is 38.7 Å². The van der Waals surface area contributed by atoms with Crippen molar-refractivity contribution < 1.29 is 19.7 Å². The molecular formula is C19H31NO4. The minimum absolute atomic E-state index is 0.0133. The maximum atomic E-state index is 11.6. The van der Waals surface area contributed by atoms with Crippen LogP contribution in [0.25, 0.3) is 0 Å². The van der Waals surface area contributed by atoms with E-state index in [1.54, 1.807) is 18.3 Å². The summed E-state index contributed by atoms with van der Waals surface area (Å²) in [4.78, 5) is 15.8. The van der Waals surface area contributed by atoms with Crippen LogP contribution in [0.4, 0.5) is 0 Å². The zero-order valence-corrected chi connectivity index (χ0v) is 15.3. The first-order chi connectivity index (χ1) is 11.3. The lowest BCUT2D eigenvalue weighted by molar-refractivity contribution is -0.159. The van der Waals surface area contributed by atoms with Gasteiger partial charge in [0.15, 0.2) is 5.60 Å². The second-order valence-corrected chi connectivity index (χ2v) is 6.74. The minimum atomic E-state index is -1.78. The quantitative estimate of drug-likeness (QED) is 0.641. The molecule has 5 heteroatoms. The standard InChI is InChI=1S/C19H31NO4/c1-5-15(6-2)8-7-10-19(23,18(21)22)13-16-12-17(9-11-20-16)24-14(3)4/h9,11-12,14-15,23H,5-8,10,13H2,1-4H3,(H,21,22). The van der Waals surface area contributed by atoms with Crippen molar-refractivity contribution in [3.05, 3.63) is 24.0 Å². The van der Waals surface area contributed by atoms with Crippen molar-refractivity contribution in [2.75, 3.05) is 0 Å². The Morgan fingerprint density at radius 1 is 1.33 bits per heavy atom. The van der Waals surface area contributed by atoms with Crippen molar-refractivity contribution >= 4 is 5.97 Å². The summed E-state index contributed by atoms with van der Waals surface area (Å²) in [5.74, 6) is 0.0349. The van der Waals surface area contributed by atoms with Crippen LogP contribution in [0.1, 0.15) is 65.5 Å². The van der Waals surface area contributed by atoms with Crippen LogP contribution < -0.4 is 4.74 Å². The highest BCUT2D eigenvalue weighted by molar-refractivity contribution is 5.77. The molecule has 0 fully saturated rings. The van der Waals surface area contributed by atoms with Crippen LogP contribution >= 0.6 is 0 Å². The lowest BCUT2D eigenvalue weighted by atomic mass is 9.88. The lowest BCUT2D eigenvalue weighted by Gasteiger charge is -2.24. The molecule has 1 aromatic heterocycles. The van der Waals surface area contributed by atoms with Gasteiger partial charge >= 0.3 is 5.97 Å². The fourth-order valence-electron chi connectivity index (χ4n) is 2.85. The van der Waals surface area contributed by atoms with Crippen LogP contribution in [0.3, 0.4) is 0 Å². The number of pyridine rings is 1. The predicted octanol–water partition coefficient (Wildman–Crippen LogP) is 3.83. The zero-order valence-electron chi connectivity index (χ0n) is 15.3. The van der Waals surface area contributed by atoms with E-state index in [0.29, 0.717) is 23.8 Å². The molecule has 0 aromatic carbocycles. The fourth-order valence-corrected chi connectivity index (χ4v) is 2.85. The van der Waals surface area contributed by atoms with Crippen LogP contribution in [0.2, 0.25) is 0 Å². The third kappa shape index (κ3) is 6.48. The Morgan fingerprint density at radius 2 is 2.00 bits per heavy atom. The van der Waals surface area contributed by atoms with Crippen molar-refractivity contribution in [3.8, 4) is 5.75 Å². The second-order valence-electron chi connectivity index (χ2n) is 6.74. The number of carboxylic acid groups (broad SMARTS) is 1. The molecule has 0 saturated carbocycles. The number of aliphatic hydroxyl groups is 1. The number of carboxylic acids is 1. The van der Waals surface area contributed by atoms with Gasteiger partial charge in [-0.2, -0.15) is 0 Å². The lowest BCUT2D eigenvalue weighted by Crippen LogP contribution is -2.41. The predicted molar refractivity (Wildman–Crippen MR) is 94.2 cm³/mol. The molecule has 2 N–H and O–H groups in total. The van der Waals surface area contributed by atoms with Gasteiger partial charge in [-0.25, -0.2) is 4.79 Å². The summed E-state index contributed by atoms with van der Waals surface area (Å²) >= 11 is 0. The van der Waals surface area contributed by atoms with Crippen molar-refractivity contribution in [2.24, 2.45) is 5.92 Å². The monoisotopic (exact) mass is 337 g/mol. The molecule has 0 aliphatic rings. The van der Waals surface area contributed by atoms with E-state index < -0.39 is 11.6 Å². The van der Waals surface area contributed by atoms with Crippen LogP contribution in [0, 0.1) is 5.92 Å². The smallest absolute Gasteiger partial charge is 0.336 e. The summed E-state index contributed by atoms with van der Waals surface area (Å²) in [6, 6.07) is 3.44. The van der Waals surface area contributed by atoms with E-state index in [-0.39, 0.29) is 18.9 Å². The fraction of sp³-hybridized carbons (Fsp3) is 0.684. The Balaban J connectivity index is 2.75. The summed E-state index contributed by atoms with van der Waals surface area (Å²) in [7, 11) is 0. The first-order valence-electron chi connectivity index (χ1n) is 8.88. The van der Waals surface area contributed by atoms with E-state index in [1.807, 2.05) is 13.8 Å². The number of ether oxygens (including phenoxy) is 1. The normalized spacial score (nSPS) is 14.0. The zero-order chi connectivity index (χ0) is 18.2. The van der Waals surface area contributed by atoms with Gasteiger partial charge < -0.3 is 14.9 Å². The molecule has 0 saturated heterocycles. The summed E-state index contributed by atoms with van der Waals surface area (Å²) in [6.45, 7) is 8.13. The molecule has 1 unspecified atom stereocenters. The molecule has 0 bridgehead atoms. The van der Waals surface area contributed by atoms with Gasteiger partial charge in [0.1, 0.15) is 5.75 Å². The molecule has 1 atom stereocenters. The van der Waals surface area contributed by atoms with Crippen molar-refractivity contribution in [2.45, 2.75) is 77.9 Å². The molecule has 0 aliphatic heterocycles. The topological polar surface area (TPSA) is 79.7 Å². The summed E-state index contributed by atoms with van der Waals surface area (Å²) in [5, 5.41) is 20.1. The summed E-state index contributed by atoms with van der Waals surface area (Å²) in [5.41, 5.74) is -1.25. The Labute approximate surface area is 145 Å². The SMILES string of the molecule is CCC(CC)CCCC(O)(Cc1cc(OC(C)C)ccn1)C(=O)O. The molecule has 0 spiro atoms. The van der Waals surface area contributed by atoms with Crippen molar-refractivity contribution in [3.63, 3.8) is 0 Å². The molecule has 1 rings (SSSR count). The molecule has 1 heterocycles. The first-order valence-corrected chi connectivity index (χ1v) is 8.88. The number of carbonyl (C=O) groups is 1. The van der Waals surface area contributed by atoms with Gasteiger partial charge in [-0.3, -0.25) is 4.98 Å². The number of rotatable bonds is 11. The minimum Gasteiger partial charge on any atom is -0.491 e. The maximum absolute atomic E-state index is 11.6. The summed E-state index contributed by atoms with van der Waals surface area (Å²) < 4.78 is 5.60. The van der Waals surface area contributed by atoms with Gasteiger partial charge in [0.05, 0.1) is 6.10 Å². The number of hydrogen-bond acceptors (Lipinski definition) is 4. The van der Waals surface area contributed by atoms with E-state index in [9.17, 15) is 15.0 Å². The average molecular weight is 337 g/mol. The van der Waals surface area contributed by atoms with Gasteiger partial charge in [0.25, 0.3) is 0 Å². The van der Waals surface area contributed by atoms with Crippen molar-refractivity contribution in [1.82, 2.24) is 4.98 Å². The largest absolute Gasteiger partial charge is 0.491 e. The molecule has 0 amide bonds. The Morgan fingerprint density at radius 3 is 2.54 bits per heavy atom. The molecule has 136 valence electrons. The highest BCUT2D eigenvalue weighted by Crippen LogP contribution is 2.25. The van der Waals surface area contributed by atoms with E-state index in [2.05, 4.69) is 18.8 Å². The third-order valence-electron chi connectivity index (χ3n) is 4.39. The first kappa shape index (κ1) is 20.4. The number of hydrogen-bond donors (Lipinski definition) is 2. The second kappa shape index (κ2) is 9.62. The molecule has 0 aliphatic carbocycles. The molecule has 0 radical (unpaired) electrons. The average Bonchev–Trinajstić information content (AvgIpc) is 2.51. The summed E-state index contributed by atoms with van der Waals surface area (Å²) in [6.07, 6.45) is 5.62. The van der Waals surface area contributed by atoms with Gasteiger partial charge in [-0.1, -0.05) is 33.1 Å². The molecular weight excluding hydrogens is 306 g/mol. The van der Waals surface area contributed by atoms with Crippen LogP contribution in [-0.2, 0) is 11.2 Å². The van der Waals surface area contributed by atoms with Gasteiger partial charge in [0, 0.05) is 24.4 Å². The van der Waals surface area contributed by atoms with Crippen LogP contribution in [0.15, 0.2) is 18.3 Å². The number of nitrogens with zero attached hydrogens (tertiary/aromatic N) is 1. The molecule has 1 aromatic rings. The third-order valence-corrected chi connectivity index (χ3v) is 4.39. The highest BCUT2D eigenvalue weighted by Gasteiger charge is 2.36. The number of aliphatic carboxylic acids is 1. The van der Waals surface area contributed by atoms with E-state index >= 15 is 0 Å². The molecule has 24 heavy (non-hydrogen) atoms. The highest BCUT2D eigenvalue weighted by atomic mass is 16.5. The van der Waals surface area contributed by atoms with E-state index in [4.69, 9.17) is 4.74 Å². The van der Waals surface area contributed by atoms with E-state index in [1.165, 1.54) is 0 Å². The van der Waals surface area contributed by atoms with Crippen molar-refractivity contribution in [1.29, 1.82) is 0 Å². The van der Waals surface area contributed by atoms with E-state index in [0.717, 1.165) is 19.3 Å². The van der Waals surface area contributed by atoms with Crippen LogP contribution in [-0.4, -0.2) is 32.9 Å². The molecule has 5 nitrogen and oxygen atoms in total.